The van der Waals surface area contributed by atoms with Crippen LogP contribution in [0.4, 0.5) is 0 Å². The van der Waals surface area contributed by atoms with Crippen molar-refractivity contribution in [2.75, 3.05) is 0 Å². The van der Waals surface area contributed by atoms with Crippen molar-refractivity contribution < 1.29 is 13.7 Å². The Balaban J connectivity index is 1.36. The molecule has 2 heterocycles. The summed E-state index contributed by atoms with van der Waals surface area (Å²) in [6.45, 7) is 16.4. The maximum atomic E-state index is 7.15. The van der Waals surface area contributed by atoms with Crippen LogP contribution in [0, 0.1) is 0 Å². The molecule has 4 aromatic rings. The van der Waals surface area contributed by atoms with Crippen molar-refractivity contribution in [3.63, 3.8) is 0 Å². The van der Waals surface area contributed by atoms with Crippen molar-refractivity contribution in [3.8, 4) is 0 Å². The maximum absolute atomic E-state index is 7.15. The van der Waals surface area contributed by atoms with Crippen molar-refractivity contribution >= 4 is 31.3 Å². The Morgan fingerprint density at radius 1 is 0.800 bits per heavy atom. The van der Waals surface area contributed by atoms with Gasteiger partial charge in [-0.2, -0.15) is 5.10 Å². The number of aromatic nitrogens is 2. The molecule has 3 aromatic carbocycles. The van der Waals surface area contributed by atoms with Crippen molar-refractivity contribution in [2.45, 2.75) is 77.9 Å². The molecule has 1 saturated heterocycles. The third-order valence-electron chi connectivity index (χ3n) is 8.39. The van der Waals surface area contributed by atoms with E-state index < -0.39 is 15.4 Å². The molecule has 5 rings (SSSR count). The number of hydrogen-bond donors (Lipinski definition) is 0. The van der Waals surface area contributed by atoms with Gasteiger partial charge in [-0.3, -0.25) is 4.68 Å². The van der Waals surface area contributed by atoms with Crippen molar-refractivity contribution in [1.82, 2.24) is 9.78 Å². The summed E-state index contributed by atoms with van der Waals surface area (Å²) in [6.07, 6.45) is 3.87. The average Bonchev–Trinajstić information content (AvgIpc) is 3.46. The quantitative estimate of drug-likeness (QED) is 0.278. The molecule has 0 saturated carbocycles. The number of rotatable bonds is 8. The van der Waals surface area contributed by atoms with Crippen LogP contribution >= 0.6 is 0 Å². The normalized spacial score (nSPS) is 16.8. The molecule has 0 radical (unpaired) electrons. The first-order valence-electron chi connectivity index (χ1n) is 14.1. The number of benzene rings is 3. The van der Waals surface area contributed by atoms with Crippen LogP contribution in [0.3, 0.4) is 0 Å². The second-order valence-corrected chi connectivity index (χ2v) is 17.1. The van der Waals surface area contributed by atoms with Gasteiger partial charge in [0.05, 0.1) is 24.4 Å². The highest BCUT2D eigenvalue weighted by Gasteiger charge is 2.52. The highest BCUT2D eigenvalue weighted by Crippen LogP contribution is 2.38. The lowest BCUT2D eigenvalue weighted by atomic mass is 9.82. The van der Waals surface area contributed by atoms with Gasteiger partial charge in [0.1, 0.15) is 0 Å². The summed E-state index contributed by atoms with van der Waals surface area (Å²) in [7, 11) is -3.02. The van der Waals surface area contributed by atoms with Gasteiger partial charge in [0.25, 0.3) is 8.32 Å². The lowest BCUT2D eigenvalue weighted by Gasteiger charge is -2.43. The molecule has 7 heteroatoms. The van der Waals surface area contributed by atoms with E-state index in [4.69, 9.17) is 13.7 Å². The molecule has 1 aliphatic rings. The Kier molecular flexibility index (Phi) is 7.70. The summed E-state index contributed by atoms with van der Waals surface area (Å²) in [5, 5.41) is 7.12. The third kappa shape index (κ3) is 5.48. The van der Waals surface area contributed by atoms with Gasteiger partial charge in [0, 0.05) is 17.9 Å². The summed E-state index contributed by atoms with van der Waals surface area (Å²) in [5.41, 5.74) is 2.51. The molecular weight excluding hydrogens is 511 g/mol. The Labute approximate surface area is 240 Å². The van der Waals surface area contributed by atoms with Crippen LogP contribution in [0.1, 0.15) is 59.6 Å². The van der Waals surface area contributed by atoms with Crippen LogP contribution in [-0.2, 0) is 26.9 Å². The molecule has 0 unspecified atom stereocenters. The number of hydrogen-bond acceptors (Lipinski definition) is 4. The van der Waals surface area contributed by atoms with E-state index in [9.17, 15) is 0 Å². The Bertz CT molecular complexity index is 1380. The Hall–Kier alpha value is -2.97. The molecule has 0 bridgehead atoms. The van der Waals surface area contributed by atoms with E-state index in [1.165, 1.54) is 15.9 Å². The van der Waals surface area contributed by atoms with Gasteiger partial charge in [-0.15, -0.1) is 0 Å². The maximum Gasteiger partial charge on any atom is 0.498 e. The average molecular weight is 553 g/mol. The van der Waals surface area contributed by atoms with Gasteiger partial charge in [-0.1, -0.05) is 106 Å². The van der Waals surface area contributed by atoms with Crippen LogP contribution in [0.15, 0.2) is 97.3 Å². The minimum atomic E-state index is -2.60. The summed E-state index contributed by atoms with van der Waals surface area (Å²) >= 11 is 0. The standard InChI is InChI=1S/C33H41BN2O3Si/c1-31(2,3)40(29-17-10-8-11-18-29,30-19-12-9-13-20-30)37-25-27-16-14-15-26(21-27)23-36-24-28(22-35-36)34-38-32(4,5)33(6,7)39-34/h8-22,24H,23,25H2,1-7H3. The molecule has 0 atom stereocenters. The van der Waals surface area contributed by atoms with Crippen LogP contribution in [0.5, 0.6) is 0 Å². The van der Waals surface area contributed by atoms with E-state index in [0.717, 1.165) is 11.0 Å². The summed E-state index contributed by atoms with van der Waals surface area (Å²) in [5.74, 6) is 0. The van der Waals surface area contributed by atoms with E-state index in [2.05, 4.69) is 138 Å². The minimum Gasteiger partial charge on any atom is -0.403 e. The lowest BCUT2D eigenvalue weighted by molar-refractivity contribution is 0.00578. The zero-order chi connectivity index (χ0) is 28.6. The van der Waals surface area contributed by atoms with Gasteiger partial charge in [-0.25, -0.2) is 0 Å². The van der Waals surface area contributed by atoms with E-state index in [-0.39, 0.29) is 16.2 Å². The molecule has 0 spiro atoms. The predicted molar refractivity (Wildman–Crippen MR) is 166 cm³/mol. The summed E-state index contributed by atoms with van der Waals surface area (Å²) < 4.78 is 21.5. The molecule has 1 aliphatic heterocycles. The summed E-state index contributed by atoms with van der Waals surface area (Å²) in [6, 6.07) is 30.2. The lowest BCUT2D eigenvalue weighted by Crippen LogP contribution is -2.66. The molecular formula is C33H41BN2O3Si. The molecule has 0 N–H and O–H groups in total. The molecule has 1 aromatic heterocycles. The fraction of sp³-hybridized carbons (Fsp3) is 0.364. The SMILES string of the molecule is CC1(C)OB(c2cnn(Cc3cccc(CO[Si](c4ccccc4)(c4ccccc4)C(C)(C)C)c3)c2)OC1(C)C. The van der Waals surface area contributed by atoms with Gasteiger partial charge in [-0.05, 0) is 54.2 Å². The van der Waals surface area contributed by atoms with Crippen LogP contribution in [0.25, 0.3) is 0 Å². The second-order valence-electron chi connectivity index (χ2n) is 12.8. The van der Waals surface area contributed by atoms with Crippen LogP contribution in [0.2, 0.25) is 5.04 Å². The molecule has 40 heavy (non-hydrogen) atoms. The van der Waals surface area contributed by atoms with Gasteiger partial charge < -0.3 is 13.7 Å². The van der Waals surface area contributed by atoms with Crippen molar-refractivity contribution in [3.05, 3.63) is 108 Å². The zero-order valence-electron chi connectivity index (χ0n) is 24.8. The third-order valence-corrected chi connectivity index (χ3v) is 13.4. The van der Waals surface area contributed by atoms with Crippen molar-refractivity contribution in [2.24, 2.45) is 0 Å². The van der Waals surface area contributed by atoms with Gasteiger partial charge in [0.15, 0.2) is 0 Å². The largest absolute Gasteiger partial charge is 0.498 e. The predicted octanol–water partition coefficient (Wildman–Crippen LogP) is 5.31. The minimum absolute atomic E-state index is 0.0632. The van der Waals surface area contributed by atoms with Crippen LogP contribution in [-0.4, -0.2) is 36.4 Å². The Morgan fingerprint density at radius 2 is 1.35 bits per heavy atom. The number of nitrogens with zero attached hydrogens (tertiary/aromatic N) is 2. The second kappa shape index (κ2) is 10.8. The highest BCUT2D eigenvalue weighted by atomic mass is 28.4. The fourth-order valence-corrected chi connectivity index (χ4v) is 10.1. The highest BCUT2D eigenvalue weighted by molar-refractivity contribution is 6.99. The Morgan fingerprint density at radius 3 is 1.90 bits per heavy atom. The van der Waals surface area contributed by atoms with Crippen molar-refractivity contribution in [1.29, 1.82) is 0 Å². The monoisotopic (exact) mass is 552 g/mol. The van der Waals surface area contributed by atoms with Crippen LogP contribution < -0.4 is 15.8 Å². The first kappa shape index (κ1) is 28.6. The first-order chi connectivity index (χ1) is 18.9. The first-order valence-corrected chi connectivity index (χ1v) is 16.0. The van der Waals surface area contributed by atoms with E-state index in [1.807, 2.05) is 17.1 Å². The van der Waals surface area contributed by atoms with E-state index in [0.29, 0.717) is 13.2 Å². The topological polar surface area (TPSA) is 45.5 Å². The van der Waals surface area contributed by atoms with E-state index in [1.54, 1.807) is 0 Å². The summed E-state index contributed by atoms with van der Waals surface area (Å²) in [4.78, 5) is 0. The van der Waals surface area contributed by atoms with Gasteiger partial charge in [0.2, 0.25) is 0 Å². The molecule has 208 valence electrons. The van der Waals surface area contributed by atoms with E-state index >= 15 is 0 Å². The fourth-order valence-electron chi connectivity index (χ4n) is 5.52. The molecule has 1 fully saturated rings. The smallest absolute Gasteiger partial charge is 0.403 e. The molecule has 5 nitrogen and oxygen atoms in total. The molecule has 0 aliphatic carbocycles. The van der Waals surface area contributed by atoms with Gasteiger partial charge >= 0.3 is 7.12 Å². The zero-order valence-corrected chi connectivity index (χ0v) is 25.8. The molecule has 0 amide bonds.